The van der Waals surface area contributed by atoms with Crippen molar-refractivity contribution in [3.63, 3.8) is 0 Å². The van der Waals surface area contributed by atoms with Gasteiger partial charge in [0, 0.05) is 34.8 Å². The molecular formula is C39H26N2O. The Bertz CT molecular complexity index is 2340. The number of fused-ring (bicyclic) bond motifs is 8. The summed E-state index contributed by atoms with van der Waals surface area (Å²) in [6.07, 6.45) is 5.71. The van der Waals surface area contributed by atoms with Crippen molar-refractivity contribution in [3.8, 4) is 33.4 Å². The fourth-order valence-electron chi connectivity index (χ4n) is 7.24. The van der Waals surface area contributed by atoms with E-state index in [0.717, 1.165) is 16.4 Å². The third-order valence-corrected chi connectivity index (χ3v) is 9.23. The van der Waals surface area contributed by atoms with Crippen molar-refractivity contribution >= 4 is 43.6 Å². The van der Waals surface area contributed by atoms with Crippen LogP contribution in [-0.2, 0) is 5.41 Å². The summed E-state index contributed by atoms with van der Waals surface area (Å²) in [5.41, 5.74) is 11.6. The number of nitrogens with zero attached hydrogens (tertiary/aromatic N) is 2. The summed E-state index contributed by atoms with van der Waals surface area (Å²) in [5.74, 6) is 0. The quantitative estimate of drug-likeness (QED) is 0.206. The lowest BCUT2D eigenvalue weighted by Crippen LogP contribution is -2.15. The minimum Gasteiger partial charge on any atom is -0.438 e. The van der Waals surface area contributed by atoms with Crippen LogP contribution in [0.5, 0.6) is 0 Å². The van der Waals surface area contributed by atoms with Crippen molar-refractivity contribution in [2.45, 2.75) is 19.3 Å². The van der Waals surface area contributed by atoms with Crippen molar-refractivity contribution in [2.75, 3.05) is 0 Å². The van der Waals surface area contributed by atoms with Gasteiger partial charge in [-0.3, -0.25) is 4.98 Å². The van der Waals surface area contributed by atoms with Crippen LogP contribution >= 0.6 is 0 Å². The van der Waals surface area contributed by atoms with E-state index in [-0.39, 0.29) is 5.41 Å². The molecule has 0 amide bonds. The Kier molecular flexibility index (Phi) is 4.67. The molecule has 0 saturated carbocycles. The van der Waals surface area contributed by atoms with E-state index >= 15 is 0 Å². The smallest absolute Gasteiger partial charge is 0.227 e. The van der Waals surface area contributed by atoms with Gasteiger partial charge < -0.3 is 4.42 Å². The Morgan fingerprint density at radius 3 is 1.88 bits per heavy atom. The molecule has 198 valence electrons. The van der Waals surface area contributed by atoms with Gasteiger partial charge in [-0.15, -0.1) is 0 Å². The van der Waals surface area contributed by atoms with Gasteiger partial charge in [0.25, 0.3) is 0 Å². The molecule has 5 aromatic carbocycles. The fraction of sp³-hybridized carbons (Fsp3) is 0.0769. The summed E-state index contributed by atoms with van der Waals surface area (Å²) < 4.78 is 6.06. The normalized spacial score (nSPS) is 13.7. The molecule has 0 N–H and O–H groups in total. The first kappa shape index (κ1) is 23.4. The van der Waals surface area contributed by atoms with Crippen molar-refractivity contribution < 1.29 is 4.42 Å². The van der Waals surface area contributed by atoms with E-state index < -0.39 is 0 Å². The predicted octanol–water partition coefficient (Wildman–Crippen LogP) is 10.3. The van der Waals surface area contributed by atoms with E-state index in [1.54, 1.807) is 6.20 Å². The average molecular weight is 539 g/mol. The van der Waals surface area contributed by atoms with Crippen molar-refractivity contribution in [2.24, 2.45) is 0 Å². The largest absolute Gasteiger partial charge is 0.438 e. The first-order chi connectivity index (χ1) is 20.6. The predicted molar refractivity (Wildman–Crippen MR) is 173 cm³/mol. The van der Waals surface area contributed by atoms with Gasteiger partial charge in [0.2, 0.25) is 5.71 Å². The van der Waals surface area contributed by atoms with Gasteiger partial charge in [-0.05, 0) is 102 Å². The molecule has 0 spiro atoms. The lowest BCUT2D eigenvalue weighted by Gasteiger charge is -2.22. The van der Waals surface area contributed by atoms with Crippen LogP contribution in [0, 0.1) is 0 Å². The zero-order valence-electron chi connectivity index (χ0n) is 23.3. The van der Waals surface area contributed by atoms with E-state index in [1.807, 2.05) is 18.5 Å². The number of hydrogen-bond donors (Lipinski definition) is 0. The minimum absolute atomic E-state index is 0.113. The molecule has 8 aromatic rings. The van der Waals surface area contributed by atoms with Gasteiger partial charge in [0.05, 0.1) is 0 Å². The molecule has 0 aliphatic heterocycles. The molecule has 0 unspecified atom stereocenters. The topological polar surface area (TPSA) is 38.9 Å². The maximum Gasteiger partial charge on any atom is 0.227 e. The van der Waals surface area contributed by atoms with Gasteiger partial charge >= 0.3 is 0 Å². The maximum absolute atomic E-state index is 6.06. The number of rotatable bonds is 2. The Morgan fingerprint density at radius 1 is 0.548 bits per heavy atom. The standard InChI is InChI=1S/C39H26N2O/c1-39(2)33-21-24(13-15-25(33)26-17-19-40-22-34(26)39)37-29-10-5-3-8-27(29)36(28-9-4-6-11-30(28)37)23-14-16-35-32(20-23)31-12-7-18-41-38(31)42-35/h3-22H,1-2H3. The molecule has 1 aliphatic rings. The second-order valence-electron chi connectivity index (χ2n) is 11.8. The van der Waals surface area contributed by atoms with E-state index in [0.29, 0.717) is 5.71 Å². The number of aromatic nitrogens is 2. The fourth-order valence-corrected chi connectivity index (χ4v) is 7.24. The summed E-state index contributed by atoms with van der Waals surface area (Å²) in [6.45, 7) is 4.63. The number of benzene rings is 5. The molecule has 0 atom stereocenters. The van der Waals surface area contributed by atoms with Crippen molar-refractivity contribution in [3.05, 3.63) is 133 Å². The van der Waals surface area contributed by atoms with Gasteiger partial charge in [-0.1, -0.05) is 80.6 Å². The molecule has 3 aromatic heterocycles. The molecule has 0 radical (unpaired) electrons. The number of hydrogen-bond acceptors (Lipinski definition) is 3. The molecule has 3 heteroatoms. The molecular weight excluding hydrogens is 512 g/mol. The number of furan rings is 1. The summed E-state index contributed by atoms with van der Waals surface area (Å²) in [6, 6.07) is 37.4. The Hall–Kier alpha value is -5.28. The molecule has 9 rings (SSSR count). The SMILES string of the molecule is CC1(C)c2cnccc2-c2ccc(-c3c4ccccc4c(-c4ccc5oc6ncccc6c5c4)c4ccccc34)cc21. The Morgan fingerprint density at radius 2 is 1.17 bits per heavy atom. The number of pyridine rings is 2. The molecule has 0 saturated heterocycles. The second-order valence-corrected chi connectivity index (χ2v) is 11.8. The maximum atomic E-state index is 6.06. The molecule has 42 heavy (non-hydrogen) atoms. The first-order valence-corrected chi connectivity index (χ1v) is 14.4. The van der Waals surface area contributed by atoms with Crippen LogP contribution < -0.4 is 0 Å². The van der Waals surface area contributed by atoms with Gasteiger partial charge in [-0.25, -0.2) is 4.98 Å². The van der Waals surface area contributed by atoms with Crippen LogP contribution in [0.3, 0.4) is 0 Å². The zero-order valence-corrected chi connectivity index (χ0v) is 23.3. The highest BCUT2D eigenvalue weighted by molar-refractivity contribution is 6.22. The molecule has 1 aliphatic carbocycles. The summed E-state index contributed by atoms with van der Waals surface area (Å²) >= 11 is 0. The van der Waals surface area contributed by atoms with Gasteiger partial charge in [0.15, 0.2) is 0 Å². The third kappa shape index (κ3) is 3.11. The molecule has 0 fully saturated rings. The van der Waals surface area contributed by atoms with Crippen LogP contribution in [0.2, 0.25) is 0 Å². The van der Waals surface area contributed by atoms with E-state index in [1.165, 1.54) is 66.1 Å². The Balaban J connectivity index is 1.34. The monoisotopic (exact) mass is 538 g/mol. The van der Waals surface area contributed by atoms with E-state index in [4.69, 9.17) is 4.42 Å². The van der Waals surface area contributed by atoms with E-state index in [2.05, 4.69) is 121 Å². The highest BCUT2D eigenvalue weighted by atomic mass is 16.3. The van der Waals surface area contributed by atoms with Gasteiger partial charge in [0.1, 0.15) is 5.58 Å². The molecule has 3 heterocycles. The Labute approximate surface area is 243 Å². The van der Waals surface area contributed by atoms with E-state index in [9.17, 15) is 0 Å². The minimum atomic E-state index is -0.113. The lowest BCUT2D eigenvalue weighted by atomic mass is 9.81. The van der Waals surface area contributed by atoms with Crippen molar-refractivity contribution in [1.82, 2.24) is 9.97 Å². The zero-order chi connectivity index (χ0) is 28.0. The van der Waals surface area contributed by atoms with Gasteiger partial charge in [-0.2, -0.15) is 0 Å². The lowest BCUT2D eigenvalue weighted by molar-refractivity contribution is 0.654. The average Bonchev–Trinajstić information content (AvgIpc) is 3.51. The highest BCUT2D eigenvalue weighted by Gasteiger charge is 2.36. The van der Waals surface area contributed by atoms with Crippen LogP contribution in [0.15, 0.2) is 126 Å². The molecule has 0 bridgehead atoms. The molecule has 3 nitrogen and oxygen atoms in total. The van der Waals surface area contributed by atoms with Crippen LogP contribution in [0.4, 0.5) is 0 Å². The van der Waals surface area contributed by atoms with Crippen LogP contribution in [-0.4, -0.2) is 9.97 Å². The first-order valence-electron chi connectivity index (χ1n) is 14.4. The summed E-state index contributed by atoms with van der Waals surface area (Å²) in [5, 5.41) is 7.10. The van der Waals surface area contributed by atoms with Crippen LogP contribution in [0.1, 0.15) is 25.0 Å². The summed E-state index contributed by atoms with van der Waals surface area (Å²) in [4.78, 5) is 8.90. The van der Waals surface area contributed by atoms with Crippen molar-refractivity contribution in [1.29, 1.82) is 0 Å². The van der Waals surface area contributed by atoms with Crippen LogP contribution in [0.25, 0.3) is 77.0 Å². The second kappa shape index (κ2) is 8.37. The third-order valence-electron chi connectivity index (χ3n) is 9.23. The highest BCUT2D eigenvalue weighted by Crippen LogP contribution is 2.51. The summed E-state index contributed by atoms with van der Waals surface area (Å²) in [7, 11) is 0.